The summed E-state index contributed by atoms with van der Waals surface area (Å²) in [6.07, 6.45) is 0. The van der Waals surface area contributed by atoms with Crippen LogP contribution in [0.2, 0.25) is 0 Å². The molecule has 0 bridgehead atoms. The van der Waals surface area contributed by atoms with Crippen molar-refractivity contribution in [2.75, 3.05) is 11.9 Å². The van der Waals surface area contributed by atoms with Gasteiger partial charge in [-0.25, -0.2) is 4.39 Å². The van der Waals surface area contributed by atoms with Crippen LogP contribution in [0.4, 0.5) is 4.39 Å². The van der Waals surface area contributed by atoms with Gasteiger partial charge < -0.3 is 5.32 Å². The standard InChI is InChI=1S/C9H8Br2FNO/c10-4-5-13-9(14)6-2-1-3-7(11)8(6)12/h1-3H,4-5H2,(H,13,14). The first kappa shape index (κ1) is 11.7. The molecular formula is C9H8Br2FNO. The highest BCUT2D eigenvalue weighted by atomic mass is 79.9. The highest BCUT2D eigenvalue weighted by Crippen LogP contribution is 2.18. The van der Waals surface area contributed by atoms with Crippen molar-refractivity contribution in [1.82, 2.24) is 5.32 Å². The Balaban J connectivity index is 2.84. The molecule has 0 aliphatic heterocycles. The fourth-order valence-electron chi connectivity index (χ4n) is 0.935. The molecule has 14 heavy (non-hydrogen) atoms. The van der Waals surface area contributed by atoms with Gasteiger partial charge in [0.05, 0.1) is 10.0 Å². The molecule has 1 N–H and O–H groups in total. The van der Waals surface area contributed by atoms with E-state index in [1.54, 1.807) is 12.1 Å². The maximum absolute atomic E-state index is 13.4. The molecule has 0 heterocycles. The molecule has 0 aliphatic rings. The maximum atomic E-state index is 13.4. The summed E-state index contributed by atoms with van der Waals surface area (Å²) in [7, 11) is 0. The number of carbonyl (C=O) groups is 1. The Bertz CT molecular complexity index is 344. The molecule has 1 aromatic carbocycles. The molecule has 0 aromatic heterocycles. The zero-order valence-electron chi connectivity index (χ0n) is 7.19. The zero-order valence-corrected chi connectivity index (χ0v) is 10.4. The van der Waals surface area contributed by atoms with E-state index in [9.17, 15) is 9.18 Å². The average Bonchev–Trinajstić information content (AvgIpc) is 2.18. The average molecular weight is 325 g/mol. The van der Waals surface area contributed by atoms with Crippen LogP contribution in [0.3, 0.4) is 0 Å². The van der Waals surface area contributed by atoms with Crippen LogP contribution in [-0.2, 0) is 0 Å². The van der Waals surface area contributed by atoms with Crippen LogP contribution in [0, 0.1) is 5.82 Å². The summed E-state index contributed by atoms with van der Waals surface area (Å²) in [4.78, 5) is 11.4. The van der Waals surface area contributed by atoms with Gasteiger partial charge in [0.15, 0.2) is 0 Å². The van der Waals surface area contributed by atoms with Crippen molar-refractivity contribution in [3.8, 4) is 0 Å². The van der Waals surface area contributed by atoms with Gasteiger partial charge >= 0.3 is 0 Å². The number of nitrogens with one attached hydrogen (secondary N) is 1. The smallest absolute Gasteiger partial charge is 0.254 e. The minimum atomic E-state index is -0.528. The van der Waals surface area contributed by atoms with E-state index in [-0.39, 0.29) is 5.56 Å². The zero-order chi connectivity index (χ0) is 10.6. The molecule has 0 saturated carbocycles. The monoisotopic (exact) mass is 323 g/mol. The summed E-state index contributed by atoms with van der Waals surface area (Å²) < 4.78 is 13.7. The van der Waals surface area contributed by atoms with E-state index in [2.05, 4.69) is 37.2 Å². The quantitative estimate of drug-likeness (QED) is 0.851. The van der Waals surface area contributed by atoms with Gasteiger partial charge in [0, 0.05) is 11.9 Å². The molecule has 2 nitrogen and oxygen atoms in total. The number of carbonyl (C=O) groups excluding carboxylic acids is 1. The van der Waals surface area contributed by atoms with E-state index < -0.39 is 11.7 Å². The second-order valence-electron chi connectivity index (χ2n) is 2.55. The third-order valence-corrected chi connectivity index (χ3v) is 2.59. The van der Waals surface area contributed by atoms with Crippen molar-refractivity contribution >= 4 is 37.8 Å². The fraction of sp³-hybridized carbons (Fsp3) is 0.222. The van der Waals surface area contributed by atoms with E-state index in [1.807, 2.05) is 0 Å². The number of benzene rings is 1. The second kappa shape index (κ2) is 5.46. The third kappa shape index (κ3) is 2.78. The largest absolute Gasteiger partial charge is 0.351 e. The van der Waals surface area contributed by atoms with E-state index in [0.29, 0.717) is 16.3 Å². The van der Waals surface area contributed by atoms with Crippen LogP contribution in [0.15, 0.2) is 22.7 Å². The topological polar surface area (TPSA) is 29.1 Å². The molecule has 0 saturated heterocycles. The number of hydrogen-bond acceptors (Lipinski definition) is 1. The number of alkyl halides is 1. The number of rotatable bonds is 3. The number of amides is 1. The number of halogens is 3. The van der Waals surface area contributed by atoms with Crippen LogP contribution in [0.1, 0.15) is 10.4 Å². The Hall–Kier alpha value is -0.420. The molecule has 0 fully saturated rings. The lowest BCUT2D eigenvalue weighted by molar-refractivity contribution is 0.0952. The fourth-order valence-corrected chi connectivity index (χ4v) is 1.50. The summed E-state index contributed by atoms with van der Waals surface area (Å²) in [5.74, 6) is -0.928. The van der Waals surface area contributed by atoms with Gasteiger partial charge in [0.1, 0.15) is 5.82 Å². The van der Waals surface area contributed by atoms with Crippen LogP contribution in [0.5, 0.6) is 0 Å². The van der Waals surface area contributed by atoms with Crippen molar-refractivity contribution < 1.29 is 9.18 Å². The van der Waals surface area contributed by atoms with Crippen LogP contribution in [-0.4, -0.2) is 17.8 Å². The molecule has 0 unspecified atom stereocenters. The molecule has 0 spiro atoms. The lowest BCUT2D eigenvalue weighted by atomic mass is 10.2. The Morgan fingerprint density at radius 2 is 2.21 bits per heavy atom. The molecular weight excluding hydrogens is 317 g/mol. The van der Waals surface area contributed by atoms with E-state index in [0.717, 1.165) is 0 Å². The summed E-state index contributed by atoms with van der Waals surface area (Å²) in [5, 5.41) is 3.22. The summed E-state index contributed by atoms with van der Waals surface area (Å²) >= 11 is 6.18. The summed E-state index contributed by atoms with van der Waals surface area (Å²) in [6, 6.07) is 4.62. The minimum Gasteiger partial charge on any atom is -0.351 e. The van der Waals surface area contributed by atoms with Gasteiger partial charge in [-0.2, -0.15) is 0 Å². The number of hydrogen-bond donors (Lipinski definition) is 1. The first-order chi connectivity index (χ1) is 6.66. The van der Waals surface area contributed by atoms with Crippen molar-refractivity contribution in [2.24, 2.45) is 0 Å². The predicted molar refractivity (Wildman–Crippen MR) is 60.2 cm³/mol. The van der Waals surface area contributed by atoms with Crippen molar-refractivity contribution in [3.63, 3.8) is 0 Å². The molecule has 0 radical (unpaired) electrons. The molecule has 0 atom stereocenters. The highest BCUT2D eigenvalue weighted by molar-refractivity contribution is 9.10. The lowest BCUT2D eigenvalue weighted by Crippen LogP contribution is -2.26. The lowest BCUT2D eigenvalue weighted by Gasteiger charge is -2.04. The SMILES string of the molecule is O=C(NCCBr)c1cccc(Br)c1F. The van der Waals surface area contributed by atoms with Crippen molar-refractivity contribution in [2.45, 2.75) is 0 Å². The third-order valence-electron chi connectivity index (χ3n) is 1.58. The predicted octanol–water partition coefficient (Wildman–Crippen LogP) is 2.71. The van der Waals surface area contributed by atoms with Gasteiger partial charge in [0.2, 0.25) is 0 Å². The van der Waals surface area contributed by atoms with E-state index >= 15 is 0 Å². The highest BCUT2D eigenvalue weighted by Gasteiger charge is 2.12. The minimum absolute atomic E-state index is 0.0559. The Morgan fingerprint density at radius 1 is 1.50 bits per heavy atom. The molecule has 0 aliphatic carbocycles. The van der Waals surface area contributed by atoms with Gasteiger partial charge in [0.25, 0.3) is 5.91 Å². The summed E-state index contributed by atoms with van der Waals surface area (Å²) in [5.41, 5.74) is 0.0559. The molecule has 76 valence electrons. The van der Waals surface area contributed by atoms with Crippen LogP contribution in [0.25, 0.3) is 0 Å². The van der Waals surface area contributed by atoms with Gasteiger partial charge in [-0.05, 0) is 28.1 Å². The summed E-state index contributed by atoms with van der Waals surface area (Å²) in [6.45, 7) is 0.477. The Morgan fingerprint density at radius 3 is 2.86 bits per heavy atom. The van der Waals surface area contributed by atoms with Crippen LogP contribution >= 0.6 is 31.9 Å². The maximum Gasteiger partial charge on any atom is 0.254 e. The Labute approximate surface area is 98.1 Å². The molecule has 1 rings (SSSR count). The normalized spacial score (nSPS) is 9.93. The molecule has 1 amide bonds. The second-order valence-corrected chi connectivity index (χ2v) is 4.19. The van der Waals surface area contributed by atoms with Gasteiger partial charge in [-0.3, -0.25) is 4.79 Å². The first-order valence-electron chi connectivity index (χ1n) is 3.95. The molecule has 5 heteroatoms. The van der Waals surface area contributed by atoms with Crippen molar-refractivity contribution in [3.05, 3.63) is 34.1 Å². The van der Waals surface area contributed by atoms with Gasteiger partial charge in [-0.15, -0.1) is 0 Å². The van der Waals surface area contributed by atoms with Crippen LogP contribution < -0.4 is 5.32 Å². The molecule has 1 aromatic rings. The first-order valence-corrected chi connectivity index (χ1v) is 5.86. The van der Waals surface area contributed by atoms with E-state index in [1.165, 1.54) is 6.07 Å². The van der Waals surface area contributed by atoms with E-state index in [4.69, 9.17) is 0 Å². The Kier molecular flexibility index (Phi) is 4.54. The van der Waals surface area contributed by atoms with Crippen molar-refractivity contribution in [1.29, 1.82) is 0 Å². The van der Waals surface area contributed by atoms with Gasteiger partial charge in [-0.1, -0.05) is 22.0 Å².